The highest BCUT2D eigenvalue weighted by Crippen LogP contribution is 2.23. The van der Waals surface area contributed by atoms with Gasteiger partial charge in [0.2, 0.25) is 0 Å². The Labute approximate surface area is 117 Å². The highest BCUT2D eigenvalue weighted by atomic mass is 35.7. The molecule has 1 rings (SSSR count). The molecule has 19 heavy (non-hydrogen) atoms. The molecule has 8 heteroatoms. The summed E-state index contributed by atoms with van der Waals surface area (Å²) in [6.07, 6.45) is 0.390. The molecule has 0 atom stereocenters. The summed E-state index contributed by atoms with van der Waals surface area (Å²) in [5, 5.41) is 8.93. The minimum Gasteiger partial charge on any atom is -0.350 e. The van der Waals surface area contributed by atoms with E-state index in [1.165, 1.54) is 0 Å². The van der Waals surface area contributed by atoms with Crippen LogP contribution in [0.5, 0.6) is 0 Å². The van der Waals surface area contributed by atoms with Crippen LogP contribution in [-0.2, 0) is 15.5 Å². The van der Waals surface area contributed by atoms with E-state index in [2.05, 4.69) is 15.5 Å². The first-order chi connectivity index (χ1) is 8.56. The quantitative estimate of drug-likeness (QED) is 0.828. The van der Waals surface area contributed by atoms with Crippen molar-refractivity contribution < 1.29 is 13.2 Å². The van der Waals surface area contributed by atoms with E-state index in [1.54, 1.807) is 6.92 Å². The first kappa shape index (κ1) is 16.0. The molecule has 108 valence electrons. The largest absolute Gasteiger partial charge is 0.350 e. The van der Waals surface area contributed by atoms with E-state index >= 15 is 0 Å². The second-order valence-corrected chi connectivity index (χ2v) is 7.92. The maximum atomic E-state index is 12.0. The van der Waals surface area contributed by atoms with Crippen LogP contribution < -0.4 is 5.32 Å². The summed E-state index contributed by atoms with van der Waals surface area (Å²) in [4.78, 5) is 11.7. The van der Waals surface area contributed by atoms with Crippen LogP contribution in [0.2, 0.25) is 0 Å². The van der Waals surface area contributed by atoms with Crippen molar-refractivity contribution in [3.8, 4) is 0 Å². The maximum absolute atomic E-state index is 12.0. The Kier molecular flexibility index (Phi) is 4.63. The SMILES string of the molecule is CCc1[nH]nc(C(=O)NCC(C)(C)C)c1S(=O)(=O)Cl. The summed E-state index contributed by atoms with van der Waals surface area (Å²) in [7, 11) is 1.34. The van der Waals surface area contributed by atoms with E-state index < -0.39 is 15.0 Å². The predicted molar refractivity (Wildman–Crippen MR) is 72.8 cm³/mol. The van der Waals surface area contributed by atoms with Gasteiger partial charge in [0.1, 0.15) is 4.90 Å². The van der Waals surface area contributed by atoms with Gasteiger partial charge in [0, 0.05) is 17.2 Å². The number of nitrogens with one attached hydrogen (secondary N) is 2. The molecule has 0 aliphatic rings. The number of aromatic nitrogens is 2. The molecule has 0 aliphatic heterocycles. The van der Waals surface area contributed by atoms with Crippen molar-refractivity contribution in [2.45, 2.75) is 39.0 Å². The first-order valence-corrected chi connectivity index (χ1v) is 8.17. The fourth-order valence-corrected chi connectivity index (χ4v) is 2.81. The first-order valence-electron chi connectivity index (χ1n) is 5.86. The molecule has 0 fully saturated rings. The Balaban J connectivity index is 3.08. The molecule has 0 spiro atoms. The van der Waals surface area contributed by atoms with E-state index in [-0.39, 0.29) is 16.0 Å². The number of amides is 1. The number of rotatable bonds is 4. The Morgan fingerprint density at radius 3 is 2.42 bits per heavy atom. The summed E-state index contributed by atoms with van der Waals surface area (Å²) in [5.74, 6) is -0.551. The molecule has 0 aromatic carbocycles. The minimum atomic E-state index is -4.01. The Hall–Kier alpha value is -1.08. The number of aromatic amines is 1. The molecule has 1 aromatic heterocycles. The van der Waals surface area contributed by atoms with E-state index in [0.717, 1.165) is 0 Å². The predicted octanol–water partition coefficient (Wildman–Crippen LogP) is 1.68. The third-order valence-electron chi connectivity index (χ3n) is 2.38. The van der Waals surface area contributed by atoms with Gasteiger partial charge in [0.25, 0.3) is 15.0 Å². The van der Waals surface area contributed by atoms with Crippen LogP contribution in [0.3, 0.4) is 0 Å². The van der Waals surface area contributed by atoms with Crippen LogP contribution in [0, 0.1) is 5.41 Å². The van der Waals surface area contributed by atoms with Gasteiger partial charge in [-0.2, -0.15) is 5.10 Å². The molecule has 0 saturated carbocycles. The fraction of sp³-hybridized carbons (Fsp3) is 0.636. The Morgan fingerprint density at radius 2 is 2.00 bits per heavy atom. The van der Waals surface area contributed by atoms with E-state index in [4.69, 9.17) is 10.7 Å². The Morgan fingerprint density at radius 1 is 1.42 bits per heavy atom. The lowest BCUT2D eigenvalue weighted by atomic mass is 9.97. The number of hydrogen-bond acceptors (Lipinski definition) is 4. The van der Waals surface area contributed by atoms with E-state index in [9.17, 15) is 13.2 Å². The van der Waals surface area contributed by atoms with Gasteiger partial charge in [-0.25, -0.2) is 8.42 Å². The minimum absolute atomic E-state index is 0.112. The number of halogens is 1. The summed E-state index contributed by atoms with van der Waals surface area (Å²) in [6, 6.07) is 0. The molecule has 0 unspecified atom stereocenters. The zero-order chi connectivity index (χ0) is 14.8. The molecule has 0 aliphatic carbocycles. The average Bonchev–Trinajstić information content (AvgIpc) is 2.68. The number of carbonyl (C=O) groups is 1. The molecule has 0 saturated heterocycles. The number of H-pyrrole nitrogens is 1. The van der Waals surface area contributed by atoms with Crippen LogP contribution in [0.1, 0.15) is 43.9 Å². The number of hydrogen-bond donors (Lipinski definition) is 2. The van der Waals surface area contributed by atoms with Crippen LogP contribution in [0.15, 0.2) is 4.90 Å². The van der Waals surface area contributed by atoms with E-state index in [0.29, 0.717) is 18.7 Å². The van der Waals surface area contributed by atoms with Gasteiger partial charge in [-0.15, -0.1) is 0 Å². The lowest BCUT2D eigenvalue weighted by molar-refractivity contribution is 0.0931. The van der Waals surface area contributed by atoms with Crippen LogP contribution in [0.4, 0.5) is 0 Å². The van der Waals surface area contributed by atoms with Gasteiger partial charge >= 0.3 is 0 Å². The Bertz CT molecular complexity index is 572. The molecule has 0 radical (unpaired) electrons. The molecule has 0 bridgehead atoms. The monoisotopic (exact) mass is 307 g/mol. The molecule has 1 heterocycles. The van der Waals surface area contributed by atoms with Crippen LogP contribution in [0.25, 0.3) is 0 Å². The van der Waals surface area contributed by atoms with Crippen molar-refractivity contribution in [1.82, 2.24) is 15.5 Å². The normalized spacial score (nSPS) is 12.5. The van der Waals surface area contributed by atoms with Crippen molar-refractivity contribution >= 4 is 25.6 Å². The zero-order valence-corrected chi connectivity index (χ0v) is 12.9. The molecular formula is C11H18ClN3O3S. The van der Waals surface area contributed by atoms with Gasteiger partial charge in [-0.3, -0.25) is 9.89 Å². The van der Waals surface area contributed by atoms with Crippen molar-refractivity contribution in [3.05, 3.63) is 11.4 Å². The highest BCUT2D eigenvalue weighted by molar-refractivity contribution is 8.13. The van der Waals surface area contributed by atoms with Gasteiger partial charge < -0.3 is 5.32 Å². The fourth-order valence-electron chi connectivity index (χ4n) is 1.45. The molecular weight excluding hydrogens is 290 g/mol. The van der Waals surface area contributed by atoms with Crippen molar-refractivity contribution in [2.75, 3.05) is 6.54 Å². The second kappa shape index (κ2) is 5.50. The van der Waals surface area contributed by atoms with Gasteiger partial charge in [-0.1, -0.05) is 27.7 Å². The lowest BCUT2D eigenvalue weighted by Crippen LogP contribution is -2.33. The standard InChI is InChI=1S/C11H18ClN3O3S/c1-5-7-9(19(12,17)18)8(15-14-7)10(16)13-6-11(2,3)4/h5-6H2,1-4H3,(H,13,16)(H,14,15). The van der Waals surface area contributed by atoms with Gasteiger partial charge in [0.15, 0.2) is 5.69 Å². The third-order valence-corrected chi connectivity index (χ3v) is 3.77. The van der Waals surface area contributed by atoms with Crippen LogP contribution >= 0.6 is 10.7 Å². The smallest absolute Gasteiger partial charge is 0.273 e. The molecule has 1 aromatic rings. The highest BCUT2D eigenvalue weighted by Gasteiger charge is 2.28. The van der Waals surface area contributed by atoms with Gasteiger partial charge in [-0.05, 0) is 11.8 Å². The zero-order valence-electron chi connectivity index (χ0n) is 11.4. The third kappa shape index (κ3) is 4.21. The van der Waals surface area contributed by atoms with E-state index in [1.807, 2.05) is 20.8 Å². The summed E-state index contributed by atoms with van der Waals surface area (Å²) >= 11 is 0. The maximum Gasteiger partial charge on any atom is 0.273 e. The average molecular weight is 308 g/mol. The van der Waals surface area contributed by atoms with Gasteiger partial charge in [0.05, 0.1) is 5.69 Å². The summed E-state index contributed by atoms with van der Waals surface area (Å²) in [5.41, 5.74) is 0.0338. The topological polar surface area (TPSA) is 91.9 Å². The van der Waals surface area contributed by atoms with Crippen LogP contribution in [-0.4, -0.2) is 31.1 Å². The number of carbonyl (C=O) groups excluding carboxylic acids is 1. The second-order valence-electron chi connectivity index (χ2n) is 5.41. The number of nitrogens with zero attached hydrogens (tertiary/aromatic N) is 1. The lowest BCUT2D eigenvalue weighted by Gasteiger charge is -2.18. The molecule has 6 nitrogen and oxygen atoms in total. The summed E-state index contributed by atoms with van der Waals surface area (Å²) in [6.45, 7) is 8.01. The van der Waals surface area contributed by atoms with Crippen molar-refractivity contribution in [2.24, 2.45) is 5.41 Å². The molecule has 2 N–H and O–H groups in total. The molecule has 1 amide bonds. The van der Waals surface area contributed by atoms with Crippen molar-refractivity contribution in [3.63, 3.8) is 0 Å². The summed E-state index contributed by atoms with van der Waals surface area (Å²) < 4.78 is 23.1. The van der Waals surface area contributed by atoms with Crippen molar-refractivity contribution in [1.29, 1.82) is 0 Å². The number of aryl methyl sites for hydroxylation is 1.